The predicted molar refractivity (Wildman–Crippen MR) is 138 cm³/mol. The summed E-state index contributed by atoms with van der Waals surface area (Å²) in [5.41, 5.74) is 0. The van der Waals surface area contributed by atoms with Crippen molar-refractivity contribution in [2.45, 2.75) is 84.0 Å². The number of carbonyl (C=O) groups excluding carboxylic acids is 2. The van der Waals surface area contributed by atoms with Crippen LogP contribution in [-0.4, -0.2) is 49.8 Å². The van der Waals surface area contributed by atoms with Crippen molar-refractivity contribution in [2.75, 3.05) is 0 Å². The fraction of sp³-hybridized carbons (Fsp3) is 0.500. The lowest BCUT2D eigenvalue weighted by molar-refractivity contribution is -0.259. The number of hydrogen-bond acceptors (Lipinski definition) is 6. The molecule has 0 spiro atoms. The van der Waals surface area contributed by atoms with Crippen LogP contribution in [0.5, 0.6) is 0 Å². The summed E-state index contributed by atoms with van der Waals surface area (Å²) < 4.78 is 18.8. The second-order valence-electron chi connectivity index (χ2n) is 10.5. The molecule has 1 fully saturated rings. The minimum atomic E-state index is -2.95. The Morgan fingerprint density at radius 1 is 0.943 bits per heavy atom. The van der Waals surface area contributed by atoms with Crippen molar-refractivity contribution in [1.82, 2.24) is 0 Å². The van der Waals surface area contributed by atoms with E-state index in [0.717, 1.165) is 10.4 Å². The van der Waals surface area contributed by atoms with E-state index in [9.17, 15) is 14.7 Å². The first-order valence-corrected chi connectivity index (χ1v) is 14.2. The lowest BCUT2D eigenvalue weighted by Gasteiger charge is -2.49. The van der Waals surface area contributed by atoms with E-state index in [-0.39, 0.29) is 23.7 Å². The average Bonchev–Trinajstić information content (AvgIpc) is 2.82. The zero-order chi connectivity index (χ0) is 25.8. The van der Waals surface area contributed by atoms with Gasteiger partial charge >= 0.3 is 5.97 Å². The van der Waals surface area contributed by atoms with Gasteiger partial charge in [0, 0.05) is 12.3 Å². The molecule has 0 saturated carbocycles. The molecule has 0 bridgehead atoms. The maximum Gasteiger partial charge on any atom is 0.306 e. The molecule has 1 aliphatic heterocycles. The molecule has 0 amide bonds. The van der Waals surface area contributed by atoms with E-state index in [1.807, 2.05) is 50.2 Å². The number of Topliss-reactive ketones (excluding diaryl/α,β-unsaturated/α-hetero) is 1. The normalized spacial score (nSPS) is 25.2. The highest BCUT2D eigenvalue weighted by molar-refractivity contribution is 6.99. The summed E-state index contributed by atoms with van der Waals surface area (Å²) in [6, 6.07) is 20.4. The zero-order valence-corrected chi connectivity index (χ0v) is 22.6. The highest BCUT2D eigenvalue weighted by atomic mass is 28.4. The molecule has 6 nitrogen and oxygen atoms in total. The van der Waals surface area contributed by atoms with E-state index < -0.39 is 44.8 Å². The SMILES string of the molecule is CC(=O)CCC(=O)O[C@@H]1C(C)O[C@@H](O[Si](c2ccccc2)(c2ccccc2)C(C)(C)C)[C@@H](O)C1C. The molecule has 2 aromatic rings. The van der Waals surface area contributed by atoms with Gasteiger partial charge in [0.2, 0.25) is 0 Å². The van der Waals surface area contributed by atoms with Crippen LogP contribution in [0, 0.1) is 5.92 Å². The Morgan fingerprint density at radius 3 is 1.91 bits per heavy atom. The smallest absolute Gasteiger partial charge is 0.306 e. The Labute approximate surface area is 209 Å². The van der Waals surface area contributed by atoms with E-state index in [4.69, 9.17) is 13.9 Å². The van der Waals surface area contributed by atoms with Crippen LogP contribution >= 0.6 is 0 Å². The van der Waals surface area contributed by atoms with Crippen molar-refractivity contribution in [2.24, 2.45) is 5.92 Å². The van der Waals surface area contributed by atoms with Crippen molar-refractivity contribution < 1.29 is 28.6 Å². The largest absolute Gasteiger partial charge is 0.459 e. The molecule has 1 saturated heterocycles. The lowest BCUT2D eigenvalue weighted by Crippen LogP contribution is -2.70. The summed E-state index contributed by atoms with van der Waals surface area (Å²) in [7, 11) is -2.95. The fourth-order valence-electron chi connectivity index (χ4n) is 4.89. The molecule has 1 heterocycles. The van der Waals surface area contributed by atoms with Gasteiger partial charge < -0.3 is 23.8 Å². The van der Waals surface area contributed by atoms with Crippen LogP contribution in [0.2, 0.25) is 5.04 Å². The second-order valence-corrected chi connectivity index (χ2v) is 14.7. The first-order chi connectivity index (χ1) is 16.5. The third-order valence-corrected chi connectivity index (χ3v) is 11.8. The van der Waals surface area contributed by atoms with Crippen molar-refractivity contribution in [3.05, 3.63) is 60.7 Å². The van der Waals surface area contributed by atoms with Gasteiger partial charge in [-0.15, -0.1) is 0 Å². The summed E-state index contributed by atoms with van der Waals surface area (Å²) >= 11 is 0. The lowest BCUT2D eigenvalue weighted by atomic mass is 9.91. The number of rotatable bonds is 8. The molecular weight excluding hydrogens is 460 g/mol. The van der Waals surface area contributed by atoms with Gasteiger partial charge in [-0.3, -0.25) is 4.79 Å². The Kier molecular flexibility index (Phi) is 8.70. The Bertz CT molecular complexity index is 948. The number of carbonyl (C=O) groups is 2. The summed E-state index contributed by atoms with van der Waals surface area (Å²) in [6.07, 6.45) is -2.86. The third kappa shape index (κ3) is 5.92. The summed E-state index contributed by atoms with van der Waals surface area (Å²) in [4.78, 5) is 23.5. The minimum Gasteiger partial charge on any atom is -0.459 e. The number of hydrogen-bond donors (Lipinski definition) is 1. The van der Waals surface area contributed by atoms with E-state index in [0.29, 0.717) is 0 Å². The highest BCUT2D eigenvalue weighted by Crippen LogP contribution is 2.40. The van der Waals surface area contributed by atoms with Crippen LogP contribution in [0.4, 0.5) is 0 Å². The number of aliphatic hydroxyl groups excluding tert-OH is 1. The number of aliphatic hydroxyl groups is 1. The monoisotopic (exact) mass is 498 g/mol. The Morgan fingerprint density at radius 2 is 1.46 bits per heavy atom. The summed E-state index contributed by atoms with van der Waals surface area (Å²) in [5.74, 6) is -0.948. The summed E-state index contributed by atoms with van der Waals surface area (Å²) in [6.45, 7) is 11.6. The van der Waals surface area contributed by atoms with Gasteiger partial charge in [-0.1, -0.05) is 88.4 Å². The molecule has 190 valence electrons. The van der Waals surface area contributed by atoms with E-state index >= 15 is 0 Å². The van der Waals surface area contributed by atoms with Crippen LogP contribution in [0.25, 0.3) is 0 Å². The molecule has 2 aromatic carbocycles. The molecule has 35 heavy (non-hydrogen) atoms. The molecule has 1 N–H and O–H groups in total. The topological polar surface area (TPSA) is 82.1 Å². The first-order valence-electron chi connectivity index (χ1n) is 12.3. The van der Waals surface area contributed by atoms with Crippen LogP contribution < -0.4 is 10.4 Å². The Hall–Kier alpha value is -2.32. The molecule has 2 unspecified atom stereocenters. The standard InChI is InChI=1S/C28H38O6Si/c1-19(29)17-18-24(30)33-26-20(2)25(31)27(32-21(26)3)34-35(28(4,5)6,22-13-9-7-10-14-22)23-15-11-8-12-16-23/h7-16,20-21,25-27,31H,17-18H2,1-6H3/t20?,21?,25-,26-,27-/m0/s1. The van der Waals surface area contributed by atoms with E-state index in [1.165, 1.54) is 6.92 Å². The van der Waals surface area contributed by atoms with E-state index in [1.54, 1.807) is 0 Å². The Balaban J connectivity index is 1.93. The van der Waals surface area contributed by atoms with Crippen molar-refractivity contribution in [1.29, 1.82) is 0 Å². The number of esters is 1. The quantitative estimate of drug-likeness (QED) is 0.443. The zero-order valence-electron chi connectivity index (χ0n) is 21.6. The first kappa shape index (κ1) is 27.3. The molecule has 7 heteroatoms. The number of ether oxygens (including phenoxy) is 2. The maximum atomic E-state index is 12.3. The van der Waals surface area contributed by atoms with Gasteiger partial charge in [-0.05, 0) is 29.3 Å². The van der Waals surface area contributed by atoms with Crippen LogP contribution in [0.3, 0.4) is 0 Å². The van der Waals surface area contributed by atoms with Crippen molar-refractivity contribution in [3.8, 4) is 0 Å². The molecule has 1 aliphatic rings. The van der Waals surface area contributed by atoms with Crippen LogP contribution in [0.15, 0.2) is 60.7 Å². The van der Waals surface area contributed by atoms with Crippen molar-refractivity contribution >= 4 is 30.4 Å². The molecule has 0 radical (unpaired) electrons. The molecule has 5 atom stereocenters. The number of ketones is 1. The molecule has 0 aliphatic carbocycles. The van der Waals surface area contributed by atoms with Crippen LogP contribution in [0.1, 0.15) is 54.4 Å². The summed E-state index contributed by atoms with van der Waals surface area (Å²) in [5, 5.41) is 13.2. The van der Waals surface area contributed by atoms with Gasteiger partial charge in [0.25, 0.3) is 8.32 Å². The maximum absolute atomic E-state index is 12.3. The average molecular weight is 499 g/mol. The number of benzene rings is 2. The fourth-order valence-corrected chi connectivity index (χ4v) is 9.45. The molecule has 3 rings (SSSR count). The second kappa shape index (κ2) is 11.2. The predicted octanol–water partition coefficient (Wildman–Crippen LogP) is 3.59. The van der Waals surface area contributed by atoms with Gasteiger partial charge in [0.1, 0.15) is 18.0 Å². The van der Waals surface area contributed by atoms with Gasteiger partial charge in [0.05, 0.1) is 12.5 Å². The van der Waals surface area contributed by atoms with Crippen LogP contribution in [-0.2, 0) is 23.5 Å². The van der Waals surface area contributed by atoms with E-state index in [2.05, 4.69) is 45.0 Å². The highest BCUT2D eigenvalue weighted by Gasteiger charge is 2.55. The van der Waals surface area contributed by atoms with Gasteiger partial charge in [-0.2, -0.15) is 0 Å². The van der Waals surface area contributed by atoms with Gasteiger partial charge in [0.15, 0.2) is 6.29 Å². The van der Waals surface area contributed by atoms with Crippen molar-refractivity contribution in [3.63, 3.8) is 0 Å². The molecular formula is C28H38O6Si. The van der Waals surface area contributed by atoms with Gasteiger partial charge in [-0.25, -0.2) is 0 Å². The molecule has 0 aromatic heterocycles. The minimum absolute atomic E-state index is 0.0172. The third-order valence-electron chi connectivity index (χ3n) is 6.81.